The van der Waals surface area contributed by atoms with E-state index in [9.17, 15) is 5.11 Å². The predicted molar refractivity (Wildman–Crippen MR) is 188 cm³/mol. The molecule has 0 amide bonds. The molecule has 1 aliphatic heterocycles. The monoisotopic (exact) mass is 598 g/mol. The first-order valence-electron chi connectivity index (χ1n) is 16.6. The van der Waals surface area contributed by atoms with E-state index in [1.807, 2.05) is 6.08 Å². The van der Waals surface area contributed by atoms with Crippen LogP contribution in [-0.4, -0.2) is 11.2 Å². The first-order valence-corrected chi connectivity index (χ1v) is 16.6. The molecule has 0 spiro atoms. The Hall–Kier alpha value is -5.08. The fourth-order valence-corrected chi connectivity index (χ4v) is 8.39. The minimum Gasteiger partial charge on any atom is -0.512 e. The summed E-state index contributed by atoms with van der Waals surface area (Å²) in [7, 11) is 0. The van der Waals surface area contributed by atoms with Crippen LogP contribution >= 0.6 is 0 Å². The van der Waals surface area contributed by atoms with Gasteiger partial charge in [0.25, 0.3) is 0 Å². The topological polar surface area (TPSA) is 29.5 Å². The number of aliphatic hydroxyl groups is 1. The van der Waals surface area contributed by atoms with Gasteiger partial charge in [-0.3, -0.25) is 0 Å². The molecule has 3 atom stereocenters. The van der Waals surface area contributed by atoms with Crippen molar-refractivity contribution < 1.29 is 9.84 Å². The predicted octanol–water partition coefficient (Wildman–Crippen LogP) is 10.3. The van der Waals surface area contributed by atoms with Gasteiger partial charge in [-0.2, -0.15) is 0 Å². The fraction of sp³-hybridized carbons (Fsp3) is 0.182. The quantitative estimate of drug-likeness (QED) is 0.232. The molecule has 2 nitrogen and oxygen atoms in total. The van der Waals surface area contributed by atoms with Crippen LogP contribution in [0.1, 0.15) is 52.6 Å². The van der Waals surface area contributed by atoms with E-state index in [0.717, 1.165) is 31.9 Å². The third-order valence-corrected chi connectivity index (χ3v) is 10.3. The van der Waals surface area contributed by atoms with E-state index < -0.39 is 5.41 Å². The first-order chi connectivity index (χ1) is 22.8. The molecule has 2 heteroatoms. The fourth-order valence-electron chi connectivity index (χ4n) is 8.39. The number of benzene rings is 4. The summed E-state index contributed by atoms with van der Waals surface area (Å²) in [6.45, 7) is 0. The minimum absolute atomic E-state index is 0.0934. The maximum Gasteiger partial charge on any atom is 0.154 e. The van der Waals surface area contributed by atoms with Gasteiger partial charge >= 0.3 is 0 Å². The highest BCUT2D eigenvalue weighted by molar-refractivity contribution is 5.90. The van der Waals surface area contributed by atoms with Crippen LogP contribution in [0, 0.1) is 11.8 Å². The van der Waals surface area contributed by atoms with Gasteiger partial charge in [0.15, 0.2) is 5.76 Å². The molecular formula is C44H38O2. The Kier molecular flexibility index (Phi) is 7.42. The smallest absolute Gasteiger partial charge is 0.154 e. The molecule has 4 aliphatic rings. The maximum atomic E-state index is 10.5. The van der Waals surface area contributed by atoms with Crippen molar-refractivity contribution >= 4 is 11.1 Å². The number of allylic oxidation sites excluding steroid dienone is 8. The summed E-state index contributed by atoms with van der Waals surface area (Å²) in [5, 5.41) is 10.5. The van der Waals surface area contributed by atoms with Crippen LogP contribution in [0.25, 0.3) is 11.1 Å². The van der Waals surface area contributed by atoms with Crippen LogP contribution in [0.2, 0.25) is 0 Å². The second-order valence-electron chi connectivity index (χ2n) is 12.8. The molecular weight excluding hydrogens is 560 g/mol. The average molecular weight is 599 g/mol. The average Bonchev–Trinajstić information content (AvgIpc) is 3.40. The molecule has 0 saturated carbocycles. The van der Waals surface area contributed by atoms with Gasteiger partial charge in [-0.15, -0.1) is 0 Å². The van der Waals surface area contributed by atoms with Crippen LogP contribution in [0.15, 0.2) is 169 Å². The van der Waals surface area contributed by atoms with Gasteiger partial charge in [0, 0.05) is 5.92 Å². The van der Waals surface area contributed by atoms with Crippen LogP contribution in [0.3, 0.4) is 0 Å². The van der Waals surface area contributed by atoms with Crippen molar-refractivity contribution in [2.75, 3.05) is 0 Å². The van der Waals surface area contributed by atoms with E-state index >= 15 is 0 Å². The molecule has 4 aromatic carbocycles. The summed E-state index contributed by atoms with van der Waals surface area (Å²) in [5.74, 6) is 1.06. The number of ether oxygens (including phenoxy) is 1. The molecule has 8 rings (SSSR count). The van der Waals surface area contributed by atoms with Crippen molar-refractivity contribution in [2.24, 2.45) is 11.8 Å². The highest BCUT2D eigenvalue weighted by atomic mass is 16.5. The molecule has 0 aromatic heterocycles. The largest absolute Gasteiger partial charge is 0.512 e. The minimum atomic E-state index is -0.506. The van der Waals surface area contributed by atoms with Crippen LogP contribution in [0.5, 0.6) is 0 Å². The van der Waals surface area contributed by atoms with Gasteiger partial charge in [-0.25, -0.2) is 0 Å². The lowest BCUT2D eigenvalue weighted by atomic mass is 9.66. The van der Waals surface area contributed by atoms with Crippen molar-refractivity contribution in [2.45, 2.75) is 37.2 Å². The molecule has 0 fully saturated rings. The molecule has 1 N–H and O–H groups in total. The number of hydrogen-bond acceptors (Lipinski definition) is 2. The number of aliphatic hydroxyl groups excluding tert-OH is 1. The van der Waals surface area contributed by atoms with Crippen molar-refractivity contribution in [1.82, 2.24) is 0 Å². The van der Waals surface area contributed by atoms with Crippen LogP contribution in [0.4, 0.5) is 0 Å². The van der Waals surface area contributed by atoms with Crippen molar-refractivity contribution in [3.05, 3.63) is 203 Å². The Bertz CT molecular complexity index is 1900. The molecule has 46 heavy (non-hydrogen) atoms. The third-order valence-electron chi connectivity index (χ3n) is 10.3. The first kappa shape index (κ1) is 28.4. The number of hydrogen-bond donors (Lipinski definition) is 1. The highest BCUT2D eigenvalue weighted by Crippen LogP contribution is 2.59. The second kappa shape index (κ2) is 12.0. The zero-order valence-electron chi connectivity index (χ0n) is 25.9. The summed E-state index contributed by atoms with van der Waals surface area (Å²) >= 11 is 0. The standard InChI is InChI=1S/C44H38O2/c45-30-35-27-28-41-42(38-23-12-13-26-40(38)44(41,33-18-6-2-7-19-33)34-20-8-3-9-21-34)39-25-14-24-37(43(39)46-35)36-22-11-10-17-32(36)29-31-15-4-1-5-16-31/h1-13,15,17-24,26-28,30-31,39,43,45H,14,16,25,29H2/b28-27-,35-30-. The Morgan fingerprint density at radius 1 is 0.761 bits per heavy atom. The molecule has 0 saturated heterocycles. The summed E-state index contributed by atoms with van der Waals surface area (Å²) in [6, 6.07) is 39.7. The lowest BCUT2D eigenvalue weighted by Crippen LogP contribution is -2.32. The third kappa shape index (κ3) is 4.63. The summed E-state index contributed by atoms with van der Waals surface area (Å²) in [4.78, 5) is 0. The molecule has 1 heterocycles. The Morgan fingerprint density at radius 2 is 1.46 bits per heavy atom. The summed E-state index contributed by atoms with van der Waals surface area (Å²) in [6.07, 6.45) is 20.3. The van der Waals surface area contributed by atoms with E-state index in [4.69, 9.17) is 4.74 Å². The second-order valence-corrected chi connectivity index (χ2v) is 12.8. The van der Waals surface area contributed by atoms with Crippen molar-refractivity contribution in [3.63, 3.8) is 0 Å². The lowest BCUT2D eigenvalue weighted by molar-refractivity contribution is 0.125. The van der Waals surface area contributed by atoms with Gasteiger partial charge in [0.2, 0.25) is 0 Å². The Labute approximate surface area is 272 Å². The summed E-state index contributed by atoms with van der Waals surface area (Å²) in [5.41, 5.74) is 11.0. The van der Waals surface area contributed by atoms with Gasteiger partial charge in [0.1, 0.15) is 12.4 Å². The normalized spacial score (nSPS) is 24.2. The van der Waals surface area contributed by atoms with E-state index in [1.54, 1.807) is 0 Å². The van der Waals surface area contributed by atoms with Gasteiger partial charge < -0.3 is 9.84 Å². The van der Waals surface area contributed by atoms with E-state index in [2.05, 4.69) is 146 Å². The molecule has 0 bridgehead atoms. The number of fused-ring (bicyclic) bond motifs is 4. The molecule has 226 valence electrons. The van der Waals surface area contributed by atoms with Crippen molar-refractivity contribution in [1.29, 1.82) is 0 Å². The Morgan fingerprint density at radius 3 is 2.17 bits per heavy atom. The van der Waals surface area contributed by atoms with Gasteiger partial charge in [0.05, 0.1) is 5.41 Å². The highest BCUT2D eigenvalue weighted by Gasteiger charge is 2.50. The number of rotatable bonds is 5. The van der Waals surface area contributed by atoms with Crippen molar-refractivity contribution in [3.8, 4) is 0 Å². The van der Waals surface area contributed by atoms with E-state index in [1.165, 1.54) is 50.1 Å². The van der Waals surface area contributed by atoms with E-state index in [0.29, 0.717) is 11.7 Å². The SMILES string of the molecule is O/C=C1/C=C\C2=C(c3ccccc3C2(c2ccccc2)c2ccccc2)C2CCC=C(c3ccccc3CC3C=CC=CC3)C2O1. The summed E-state index contributed by atoms with van der Waals surface area (Å²) < 4.78 is 6.86. The van der Waals surface area contributed by atoms with E-state index in [-0.39, 0.29) is 12.0 Å². The molecule has 0 radical (unpaired) electrons. The van der Waals surface area contributed by atoms with Crippen LogP contribution < -0.4 is 0 Å². The lowest BCUT2D eigenvalue weighted by Gasteiger charge is -2.38. The molecule has 4 aromatic rings. The van der Waals surface area contributed by atoms with Gasteiger partial charge in [-0.05, 0) is 87.8 Å². The Balaban J connectivity index is 1.35. The molecule has 3 aliphatic carbocycles. The van der Waals surface area contributed by atoms with Crippen LogP contribution in [-0.2, 0) is 16.6 Å². The zero-order chi connectivity index (χ0) is 30.9. The van der Waals surface area contributed by atoms with Gasteiger partial charge in [-0.1, -0.05) is 146 Å². The molecule has 3 unspecified atom stereocenters. The maximum absolute atomic E-state index is 10.5. The zero-order valence-corrected chi connectivity index (χ0v) is 25.9.